The zero-order chi connectivity index (χ0) is 29.9. The van der Waals surface area contributed by atoms with E-state index in [1.807, 2.05) is 0 Å². The molecule has 15 nitrogen and oxygen atoms in total. The van der Waals surface area contributed by atoms with Crippen LogP contribution in [-0.4, -0.2) is 86.0 Å². The number of carbonyl (C=O) groups is 1. The second kappa shape index (κ2) is 12.2. The molecule has 2 aromatic heterocycles. The highest BCUT2D eigenvalue weighted by atomic mass is 31.2. The smallest absolute Gasteiger partial charge is 0.459 e. The lowest BCUT2D eigenvalue weighted by molar-refractivity contribution is -0.149. The van der Waals surface area contributed by atoms with Gasteiger partial charge in [0.15, 0.2) is 23.2 Å². The first-order chi connectivity index (χ1) is 19.4. The summed E-state index contributed by atoms with van der Waals surface area (Å²) >= 11 is 0. The van der Waals surface area contributed by atoms with Crippen molar-refractivity contribution in [2.45, 2.75) is 57.0 Å². The molecule has 1 saturated heterocycles. The Hall–Kier alpha value is -3.40. The van der Waals surface area contributed by atoms with Crippen LogP contribution in [0, 0.1) is 0 Å². The Labute approximate surface area is 234 Å². The van der Waals surface area contributed by atoms with Gasteiger partial charge in [-0.1, -0.05) is 18.2 Å². The third-order valence-corrected chi connectivity index (χ3v) is 7.81. The highest BCUT2D eigenvalue weighted by Gasteiger charge is 2.59. The van der Waals surface area contributed by atoms with Crippen molar-refractivity contribution in [1.29, 1.82) is 0 Å². The number of nitrogens with one attached hydrogen (secondary N) is 2. The van der Waals surface area contributed by atoms with E-state index in [-0.39, 0.29) is 28.7 Å². The first-order valence-electron chi connectivity index (χ1n) is 12.7. The summed E-state index contributed by atoms with van der Waals surface area (Å²) in [5.41, 5.74) is 3.35. The van der Waals surface area contributed by atoms with Gasteiger partial charge >= 0.3 is 13.7 Å². The minimum atomic E-state index is -4.35. The summed E-state index contributed by atoms with van der Waals surface area (Å²) in [6, 6.07) is 6.88. The molecular weight excluding hydrogens is 564 g/mol. The second-order valence-electron chi connectivity index (χ2n) is 9.60. The number of imidazole rings is 1. The van der Waals surface area contributed by atoms with Gasteiger partial charge in [-0.05, 0) is 32.9 Å². The molecule has 0 aliphatic carbocycles. The van der Waals surface area contributed by atoms with Gasteiger partial charge < -0.3 is 35.3 Å². The normalized spacial score (nSPS) is 24.7. The third kappa shape index (κ3) is 6.42. The number of hydrogen-bond acceptors (Lipinski definition) is 13. The number of nitrogens with zero attached hydrogens (tertiary/aromatic N) is 4. The van der Waals surface area contributed by atoms with Crippen LogP contribution in [0.25, 0.3) is 11.2 Å². The number of aromatic nitrogens is 4. The van der Waals surface area contributed by atoms with Crippen LogP contribution in [0.3, 0.4) is 0 Å². The SMILES string of the molecule is CNc1nc(N)nc2c1ncn2[C@@H]1O[C@H](CO[P@@](=O)(N[C@@H](C)C(=O)OC(C)C)Oc2ccccc2)[C@@H](O)[C@]1(F)CO. The lowest BCUT2D eigenvalue weighted by Crippen LogP contribution is -2.46. The van der Waals surface area contributed by atoms with Crippen molar-refractivity contribution in [3.63, 3.8) is 0 Å². The molecule has 0 saturated carbocycles. The van der Waals surface area contributed by atoms with Gasteiger partial charge in [-0.15, -0.1) is 0 Å². The Morgan fingerprint density at radius 1 is 1.29 bits per heavy atom. The highest BCUT2D eigenvalue weighted by molar-refractivity contribution is 7.52. The Morgan fingerprint density at radius 3 is 2.63 bits per heavy atom. The maximum atomic E-state index is 16.1. The number of rotatable bonds is 12. The molecule has 1 aliphatic rings. The summed E-state index contributed by atoms with van der Waals surface area (Å²) in [7, 11) is -2.76. The van der Waals surface area contributed by atoms with Crippen molar-refractivity contribution < 1.29 is 42.5 Å². The number of hydrogen-bond donors (Lipinski definition) is 5. The second-order valence-corrected chi connectivity index (χ2v) is 11.3. The summed E-state index contributed by atoms with van der Waals surface area (Å²) in [6.45, 7) is 2.90. The van der Waals surface area contributed by atoms with E-state index in [2.05, 4.69) is 25.4 Å². The van der Waals surface area contributed by atoms with Crippen molar-refractivity contribution in [3.05, 3.63) is 36.7 Å². The number of benzene rings is 1. The Morgan fingerprint density at radius 2 is 2.00 bits per heavy atom. The number of halogens is 1. The van der Waals surface area contributed by atoms with E-state index < -0.39 is 63.2 Å². The summed E-state index contributed by atoms with van der Waals surface area (Å²) in [5.74, 6) is -0.426. The first kappa shape index (κ1) is 30.6. The van der Waals surface area contributed by atoms with Crippen molar-refractivity contribution in [3.8, 4) is 5.75 Å². The lowest BCUT2D eigenvalue weighted by Gasteiger charge is -2.27. The van der Waals surface area contributed by atoms with Crippen molar-refractivity contribution in [1.82, 2.24) is 24.6 Å². The number of esters is 1. The molecule has 3 heterocycles. The first-order valence-corrected chi connectivity index (χ1v) is 14.2. The van der Waals surface area contributed by atoms with Crippen molar-refractivity contribution in [2.75, 3.05) is 31.3 Å². The van der Waals surface area contributed by atoms with Gasteiger partial charge in [0.05, 0.1) is 25.6 Å². The zero-order valence-electron chi connectivity index (χ0n) is 22.8. The number of aliphatic hydroxyl groups excluding tert-OH is 2. The van der Waals surface area contributed by atoms with Crippen LogP contribution in [-0.2, 0) is 23.4 Å². The van der Waals surface area contributed by atoms with Crippen LogP contribution in [0.5, 0.6) is 5.75 Å². The summed E-state index contributed by atoms with van der Waals surface area (Å²) in [4.78, 5) is 24.7. The van der Waals surface area contributed by atoms with Crippen LogP contribution < -0.4 is 20.7 Å². The van der Waals surface area contributed by atoms with E-state index in [1.165, 1.54) is 25.4 Å². The van der Waals surface area contributed by atoms with Crippen LogP contribution in [0.15, 0.2) is 36.7 Å². The van der Waals surface area contributed by atoms with Crippen LogP contribution in [0.4, 0.5) is 16.2 Å². The molecule has 1 aliphatic heterocycles. The molecule has 6 atom stereocenters. The number of alkyl halides is 1. The predicted octanol–water partition coefficient (Wildman–Crippen LogP) is 1.54. The lowest BCUT2D eigenvalue weighted by atomic mass is 9.97. The monoisotopic (exact) mass is 597 g/mol. The minimum Gasteiger partial charge on any atom is -0.462 e. The van der Waals surface area contributed by atoms with Gasteiger partial charge in [0.2, 0.25) is 11.6 Å². The average Bonchev–Trinajstić information content (AvgIpc) is 3.45. The standard InChI is InChI=1S/C24H33FN7O8P/c1-13(2)38-21(35)14(3)31-41(36,40-15-8-6-5-7-9-15)37-10-16-18(34)24(25,11-33)22(39-16)32-12-28-17-19(27-4)29-23(26)30-20(17)32/h5-9,12-14,16,18,22,33-34H,10-11H2,1-4H3,(H,31,36)(H3,26,27,29,30)/t14-,16+,18+,22+,24+,41-/m0/s1. The molecule has 0 spiro atoms. The van der Waals surface area contributed by atoms with E-state index in [1.54, 1.807) is 39.1 Å². The maximum absolute atomic E-state index is 16.1. The summed E-state index contributed by atoms with van der Waals surface area (Å²) in [6.07, 6.45) is -4.27. The molecule has 3 aromatic rings. The molecule has 0 bridgehead atoms. The van der Waals surface area contributed by atoms with Gasteiger partial charge in [0, 0.05) is 7.05 Å². The molecule has 0 radical (unpaired) electrons. The number of aliphatic hydroxyl groups is 2. The molecule has 17 heteroatoms. The fourth-order valence-corrected chi connectivity index (χ4v) is 5.69. The molecule has 4 rings (SSSR count). The zero-order valence-corrected chi connectivity index (χ0v) is 23.7. The van der Waals surface area contributed by atoms with E-state index in [0.29, 0.717) is 0 Å². The van der Waals surface area contributed by atoms with Crippen LogP contribution >= 0.6 is 7.75 Å². The molecule has 6 N–H and O–H groups in total. The van der Waals surface area contributed by atoms with Gasteiger partial charge in [0.1, 0.15) is 24.0 Å². The van der Waals surface area contributed by atoms with Crippen LogP contribution in [0.2, 0.25) is 0 Å². The number of fused-ring (bicyclic) bond motifs is 1. The number of carbonyl (C=O) groups excluding carboxylic acids is 1. The van der Waals surface area contributed by atoms with Gasteiger partial charge in [-0.25, -0.2) is 13.9 Å². The molecule has 1 aromatic carbocycles. The number of para-hydroxylation sites is 1. The van der Waals surface area contributed by atoms with Gasteiger partial charge in [0.25, 0.3) is 0 Å². The quantitative estimate of drug-likeness (QED) is 0.148. The number of nitrogen functional groups attached to an aromatic ring is 1. The van der Waals surface area contributed by atoms with Crippen molar-refractivity contribution >= 4 is 36.6 Å². The average molecular weight is 598 g/mol. The van der Waals surface area contributed by atoms with E-state index >= 15 is 4.39 Å². The van der Waals surface area contributed by atoms with Crippen LogP contribution in [0.1, 0.15) is 27.0 Å². The number of ether oxygens (including phenoxy) is 2. The van der Waals surface area contributed by atoms with E-state index in [9.17, 15) is 19.6 Å². The highest BCUT2D eigenvalue weighted by Crippen LogP contribution is 2.48. The van der Waals surface area contributed by atoms with Crippen molar-refractivity contribution in [2.24, 2.45) is 0 Å². The third-order valence-electron chi connectivity index (χ3n) is 6.16. The largest absolute Gasteiger partial charge is 0.462 e. The van der Waals surface area contributed by atoms with E-state index in [0.717, 1.165) is 4.57 Å². The number of anilines is 2. The molecule has 0 unspecified atom stereocenters. The fraction of sp³-hybridized carbons (Fsp3) is 0.500. The number of nitrogens with two attached hydrogens (primary N) is 1. The van der Waals surface area contributed by atoms with Gasteiger partial charge in [-0.2, -0.15) is 15.1 Å². The summed E-state index contributed by atoms with van der Waals surface area (Å²) < 4.78 is 53.2. The predicted molar refractivity (Wildman–Crippen MR) is 145 cm³/mol. The molecule has 0 amide bonds. The minimum absolute atomic E-state index is 0.0772. The molecule has 1 fully saturated rings. The van der Waals surface area contributed by atoms with E-state index in [4.69, 9.17) is 24.3 Å². The fourth-order valence-electron chi connectivity index (χ4n) is 4.19. The Bertz CT molecular complexity index is 1410. The molecular formula is C24H33FN7O8P. The Balaban J connectivity index is 1.59. The molecule has 224 valence electrons. The molecule has 41 heavy (non-hydrogen) atoms. The topological polar surface area (TPSA) is 205 Å². The Kier molecular flexibility index (Phi) is 9.11. The maximum Gasteiger partial charge on any atom is 0.459 e. The van der Waals surface area contributed by atoms with Gasteiger partial charge in [-0.3, -0.25) is 13.9 Å². The summed E-state index contributed by atoms with van der Waals surface area (Å²) in [5, 5.41) is 26.2.